The van der Waals surface area contributed by atoms with E-state index in [9.17, 15) is 4.39 Å². The highest BCUT2D eigenvalue weighted by Gasteiger charge is 2.22. The Morgan fingerprint density at radius 1 is 0.833 bits per heavy atom. The maximum atomic E-state index is 13.2. The lowest BCUT2D eigenvalue weighted by molar-refractivity contribution is 0.122. The summed E-state index contributed by atoms with van der Waals surface area (Å²) in [7, 11) is 0. The fourth-order valence-corrected chi connectivity index (χ4v) is 4.52. The van der Waals surface area contributed by atoms with Gasteiger partial charge in [-0.1, -0.05) is 30.3 Å². The maximum absolute atomic E-state index is 13.2. The van der Waals surface area contributed by atoms with E-state index in [1.54, 1.807) is 12.1 Å². The number of aromatic nitrogens is 2. The first kappa shape index (κ1) is 24.2. The summed E-state index contributed by atoms with van der Waals surface area (Å²) in [6, 6.07) is 18.9. The third-order valence-corrected chi connectivity index (χ3v) is 6.60. The van der Waals surface area contributed by atoms with E-state index in [0.29, 0.717) is 30.8 Å². The second kappa shape index (κ2) is 11.5. The molecular formula is C26H30FN7OS. The number of para-hydroxylation sites is 1. The summed E-state index contributed by atoms with van der Waals surface area (Å²) in [5.74, 6) is 1.93. The Hall–Kier alpha value is -3.50. The van der Waals surface area contributed by atoms with Crippen molar-refractivity contribution in [1.82, 2.24) is 15.3 Å². The Labute approximate surface area is 216 Å². The molecule has 0 radical (unpaired) electrons. The van der Waals surface area contributed by atoms with Gasteiger partial charge in [-0.2, -0.15) is 9.97 Å². The largest absolute Gasteiger partial charge is 0.378 e. The molecule has 10 heteroatoms. The van der Waals surface area contributed by atoms with Crippen LogP contribution in [0.4, 0.5) is 27.7 Å². The molecule has 0 unspecified atom stereocenters. The Morgan fingerprint density at radius 2 is 1.44 bits per heavy atom. The number of rotatable bonds is 6. The van der Waals surface area contributed by atoms with Gasteiger partial charge in [-0.3, -0.25) is 0 Å². The van der Waals surface area contributed by atoms with Crippen LogP contribution in [0.1, 0.15) is 5.56 Å². The smallest absolute Gasteiger partial charge is 0.232 e. The molecule has 0 saturated carbocycles. The van der Waals surface area contributed by atoms with E-state index in [-0.39, 0.29) is 5.82 Å². The highest BCUT2D eigenvalue weighted by atomic mass is 32.1. The summed E-state index contributed by atoms with van der Waals surface area (Å²) >= 11 is 5.50. The average molecular weight is 508 g/mol. The topological polar surface area (TPSA) is 68.8 Å². The van der Waals surface area contributed by atoms with E-state index in [4.69, 9.17) is 26.9 Å². The number of nitrogens with zero attached hydrogens (tertiary/aromatic N) is 5. The van der Waals surface area contributed by atoms with Crippen molar-refractivity contribution in [1.29, 1.82) is 0 Å². The minimum absolute atomic E-state index is 0.259. The molecule has 8 nitrogen and oxygen atoms in total. The number of thiocarbonyl (C=S) groups is 1. The van der Waals surface area contributed by atoms with Crippen molar-refractivity contribution in [3.8, 4) is 0 Å². The highest BCUT2D eigenvalue weighted by molar-refractivity contribution is 7.80. The fraction of sp³-hybridized carbons (Fsp3) is 0.346. The van der Waals surface area contributed by atoms with E-state index >= 15 is 0 Å². The normalized spacial score (nSPS) is 16.1. The molecule has 1 aromatic heterocycles. The van der Waals surface area contributed by atoms with Crippen LogP contribution in [0.5, 0.6) is 0 Å². The second-order valence-electron chi connectivity index (χ2n) is 8.75. The standard InChI is InChI=1S/C26H30FN7OS/c27-21-8-6-20(7-9-21)19-28-26(36)31-25-29-23(18-24(30-25)34-14-16-35-17-15-34)33-12-10-32(11-13-33)22-4-2-1-3-5-22/h1-9,18H,10-17,19H2,(H2,28,29,30,31,36). The Bertz CT molecular complexity index is 1150. The zero-order valence-corrected chi connectivity index (χ0v) is 20.9. The van der Waals surface area contributed by atoms with Gasteiger partial charge in [-0.05, 0) is 42.0 Å². The van der Waals surface area contributed by atoms with Crippen LogP contribution in [0.15, 0.2) is 60.7 Å². The molecule has 0 aliphatic carbocycles. The average Bonchev–Trinajstić information content (AvgIpc) is 2.94. The van der Waals surface area contributed by atoms with Crippen LogP contribution in [-0.4, -0.2) is 67.6 Å². The van der Waals surface area contributed by atoms with Crippen LogP contribution < -0.4 is 25.3 Å². The summed E-state index contributed by atoms with van der Waals surface area (Å²) in [5, 5.41) is 6.71. The summed E-state index contributed by atoms with van der Waals surface area (Å²) < 4.78 is 18.7. The van der Waals surface area contributed by atoms with Crippen LogP contribution >= 0.6 is 12.2 Å². The molecule has 2 aromatic carbocycles. The number of benzene rings is 2. The monoisotopic (exact) mass is 507 g/mol. The van der Waals surface area contributed by atoms with E-state index in [0.717, 1.165) is 56.5 Å². The fourth-order valence-electron chi connectivity index (χ4n) is 4.36. The predicted octanol–water partition coefficient (Wildman–Crippen LogP) is 3.27. The van der Waals surface area contributed by atoms with Crippen molar-refractivity contribution in [3.05, 3.63) is 72.0 Å². The number of hydrogen-bond donors (Lipinski definition) is 2. The van der Waals surface area contributed by atoms with Crippen molar-refractivity contribution >= 4 is 40.6 Å². The van der Waals surface area contributed by atoms with Crippen LogP contribution in [0.3, 0.4) is 0 Å². The van der Waals surface area contributed by atoms with Crippen molar-refractivity contribution < 1.29 is 9.13 Å². The number of nitrogens with one attached hydrogen (secondary N) is 2. The lowest BCUT2D eigenvalue weighted by Crippen LogP contribution is -2.47. The lowest BCUT2D eigenvalue weighted by atomic mass is 10.2. The number of halogens is 1. The maximum Gasteiger partial charge on any atom is 0.232 e. The van der Waals surface area contributed by atoms with Gasteiger partial charge in [0.05, 0.1) is 13.2 Å². The number of anilines is 4. The highest BCUT2D eigenvalue weighted by Crippen LogP contribution is 2.24. The van der Waals surface area contributed by atoms with Crippen LogP contribution in [0.25, 0.3) is 0 Å². The molecule has 3 heterocycles. The van der Waals surface area contributed by atoms with Gasteiger partial charge in [0.15, 0.2) is 5.11 Å². The Morgan fingerprint density at radius 3 is 2.11 bits per heavy atom. The SMILES string of the molecule is Fc1ccc(CNC(=S)Nc2nc(N3CCOCC3)cc(N3CCN(c4ccccc4)CC3)n2)cc1. The van der Waals surface area contributed by atoms with Crippen LogP contribution in [0, 0.1) is 5.82 Å². The molecule has 2 N–H and O–H groups in total. The number of hydrogen-bond acceptors (Lipinski definition) is 7. The minimum Gasteiger partial charge on any atom is -0.378 e. The molecule has 0 atom stereocenters. The number of ether oxygens (including phenoxy) is 1. The van der Waals surface area contributed by atoms with Gasteiger partial charge in [0, 0.05) is 57.6 Å². The zero-order valence-electron chi connectivity index (χ0n) is 20.1. The summed E-state index contributed by atoms with van der Waals surface area (Å²) in [6.45, 7) is 6.95. The molecule has 2 aliphatic heterocycles. The molecule has 0 amide bonds. The van der Waals surface area contributed by atoms with Crippen LogP contribution in [-0.2, 0) is 11.3 Å². The first-order valence-electron chi connectivity index (χ1n) is 12.2. The van der Waals surface area contributed by atoms with E-state index in [1.165, 1.54) is 17.8 Å². The molecule has 0 spiro atoms. The molecule has 0 bridgehead atoms. The molecule has 36 heavy (non-hydrogen) atoms. The summed E-state index contributed by atoms with van der Waals surface area (Å²) in [6.07, 6.45) is 0. The van der Waals surface area contributed by atoms with Crippen molar-refractivity contribution in [2.75, 3.05) is 72.5 Å². The molecule has 2 aliphatic rings. The number of morpholine rings is 1. The van der Waals surface area contributed by atoms with Gasteiger partial charge in [0.1, 0.15) is 17.5 Å². The molecule has 5 rings (SSSR count). The third kappa shape index (κ3) is 6.19. The Kier molecular flexibility index (Phi) is 7.73. The van der Waals surface area contributed by atoms with Gasteiger partial charge >= 0.3 is 0 Å². The molecule has 2 saturated heterocycles. The third-order valence-electron chi connectivity index (χ3n) is 6.35. The van der Waals surface area contributed by atoms with Crippen molar-refractivity contribution in [2.45, 2.75) is 6.54 Å². The van der Waals surface area contributed by atoms with E-state index in [2.05, 4.69) is 55.7 Å². The van der Waals surface area contributed by atoms with Gasteiger partial charge in [-0.15, -0.1) is 0 Å². The lowest BCUT2D eigenvalue weighted by Gasteiger charge is -2.37. The number of piperazine rings is 1. The van der Waals surface area contributed by atoms with Crippen molar-refractivity contribution in [2.24, 2.45) is 0 Å². The van der Waals surface area contributed by atoms with Crippen LogP contribution in [0.2, 0.25) is 0 Å². The van der Waals surface area contributed by atoms with E-state index < -0.39 is 0 Å². The summed E-state index contributed by atoms with van der Waals surface area (Å²) in [4.78, 5) is 16.5. The van der Waals surface area contributed by atoms with Gasteiger partial charge in [-0.25, -0.2) is 4.39 Å². The molecule has 2 fully saturated rings. The molecule has 3 aromatic rings. The Balaban J connectivity index is 1.28. The second-order valence-corrected chi connectivity index (χ2v) is 9.16. The molecule has 188 valence electrons. The zero-order chi connectivity index (χ0) is 24.7. The first-order valence-corrected chi connectivity index (χ1v) is 12.6. The molecular weight excluding hydrogens is 477 g/mol. The van der Waals surface area contributed by atoms with Crippen molar-refractivity contribution in [3.63, 3.8) is 0 Å². The summed E-state index contributed by atoms with van der Waals surface area (Å²) in [5.41, 5.74) is 2.18. The predicted molar refractivity (Wildman–Crippen MR) is 145 cm³/mol. The quantitative estimate of drug-likeness (QED) is 0.489. The first-order chi connectivity index (χ1) is 17.6. The van der Waals surface area contributed by atoms with E-state index in [1.807, 2.05) is 6.07 Å². The van der Waals surface area contributed by atoms with Gasteiger partial charge < -0.3 is 30.1 Å². The van der Waals surface area contributed by atoms with Gasteiger partial charge in [0.2, 0.25) is 5.95 Å². The minimum atomic E-state index is -0.259. The van der Waals surface area contributed by atoms with Gasteiger partial charge in [0.25, 0.3) is 0 Å².